The summed E-state index contributed by atoms with van der Waals surface area (Å²) in [7, 11) is 1.61. The van der Waals surface area contributed by atoms with Crippen LogP contribution in [0.2, 0.25) is 0 Å². The first-order valence-corrected chi connectivity index (χ1v) is 9.58. The number of cyclic esters (lactones) is 1. The molecule has 3 unspecified atom stereocenters. The number of ether oxygens (including phenoxy) is 1. The van der Waals surface area contributed by atoms with Crippen molar-refractivity contribution in [1.82, 2.24) is 36.0 Å². The Morgan fingerprint density at radius 1 is 1.33 bits per heavy atom. The SMILES string of the molecule is Cn1nnc(N2CCN(NC(=O)C(C)(c3ccccc3)C3CNC(=O)O3)CC2F)n1. The van der Waals surface area contributed by atoms with Crippen molar-refractivity contribution in [1.29, 1.82) is 0 Å². The van der Waals surface area contributed by atoms with Gasteiger partial charge in [0.25, 0.3) is 5.95 Å². The number of tetrazole rings is 1. The van der Waals surface area contributed by atoms with Crippen molar-refractivity contribution in [3.63, 3.8) is 0 Å². The summed E-state index contributed by atoms with van der Waals surface area (Å²) in [5, 5.41) is 15.7. The third-order valence-electron chi connectivity index (χ3n) is 5.50. The van der Waals surface area contributed by atoms with Gasteiger partial charge in [-0.25, -0.2) is 14.2 Å². The van der Waals surface area contributed by atoms with Crippen LogP contribution in [0.5, 0.6) is 0 Å². The molecule has 3 heterocycles. The molecular formula is C18H23FN8O3. The highest BCUT2D eigenvalue weighted by Gasteiger charge is 2.48. The molecule has 2 amide bonds. The Morgan fingerprint density at radius 3 is 2.70 bits per heavy atom. The second-order valence-corrected chi connectivity index (χ2v) is 7.44. The molecule has 2 N–H and O–H groups in total. The summed E-state index contributed by atoms with van der Waals surface area (Å²) in [5.74, 6) is -0.178. The average molecular weight is 418 g/mol. The number of carbonyl (C=O) groups is 2. The predicted octanol–water partition coefficient (Wildman–Crippen LogP) is -0.275. The van der Waals surface area contributed by atoms with Crippen LogP contribution in [0.1, 0.15) is 12.5 Å². The molecule has 2 aliphatic heterocycles. The Balaban J connectivity index is 1.49. The van der Waals surface area contributed by atoms with Crippen LogP contribution >= 0.6 is 0 Å². The van der Waals surface area contributed by atoms with E-state index >= 15 is 0 Å². The molecule has 0 spiro atoms. The summed E-state index contributed by atoms with van der Waals surface area (Å²) in [6, 6.07) is 9.08. The van der Waals surface area contributed by atoms with Gasteiger partial charge >= 0.3 is 6.09 Å². The van der Waals surface area contributed by atoms with Crippen LogP contribution in [0, 0.1) is 0 Å². The number of nitrogens with zero attached hydrogens (tertiary/aromatic N) is 6. The topological polar surface area (TPSA) is 118 Å². The lowest BCUT2D eigenvalue weighted by Crippen LogP contribution is -2.61. The second-order valence-electron chi connectivity index (χ2n) is 7.44. The lowest BCUT2D eigenvalue weighted by molar-refractivity contribution is -0.135. The van der Waals surface area contributed by atoms with Crippen molar-refractivity contribution in [2.24, 2.45) is 7.05 Å². The van der Waals surface area contributed by atoms with Crippen molar-refractivity contribution in [2.75, 3.05) is 31.1 Å². The van der Waals surface area contributed by atoms with Gasteiger partial charge in [-0.1, -0.05) is 35.4 Å². The molecule has 2 fully saturated rings. The van der Waals surface area contributed by atoms with Crippen LogP contribution in [0.15, 0.2) is 30.3 Å². The maximum Gasteiger partial charge on any atom is 0.407 e. The first-order chi connectivity index (χ1) is 14.4. The fourth-order valence-electron chi connectivity index (χ4n) is 3.67. The lowest BCUT2D eigenvalue weighted by atomic mass is 9.76. The predicted molar refractivity (Wildman–Crippen MR) is 103 cm³/mol. The fraction of sp³-hybridized carbons (Fsp3) is 0.500. The van der Waals surface area contributed by atoms with Crippen molar-refractivity contribution >= 4 is 17.9 Å². The number of benzene rings is 1. The van der Waals surface area contributed by atoms with E-state index in [1.807, 2.05) is 18.2 Å². The van der Waals surface area contributed by atoms with Crippen LogP contribution in [-0.2, 0) is 22.0 Å². The van der Waals surface area contributed by atoms with Gasteiger partial charge in [0.05, 0.1) is 20.1 Å². The summed E-state index contributed by atoms with van der Waals surface area (Å²) >= 11 is 0. The Hall–Kier alpha value is -3.28. The molecule has 2 saturated heterocycles. The van der Waals surface area contributed by atoms with Gasteiger partial charge in [0.2, 0.25) is 5.91 Å². The molecule has 1 aromatic heterocycles. The fourth-order valence-corrected chi connectivity index (χ4v) is 3.67. The normalized spacial score (nSPS) is 24.1. The Bertz CT molecular complexity index is 925. The molecule has 0 aliphatic carbocycles. The van der Waals surface area contributed by atoms with Crippen molar-refractivity contribution in [3.8, 4) is 0 Å². The third kappa shape index (κ3) is 3.65. The quantitative estimate of drug-likeness (QED) is 0.637. The van der Waals surface area contributed by atoms with Crippen LogP contribution in [0.4, 0.5) is 15.1 Å². The molecule has 1 aromatic carbocycles. The Labute approximate surface area is 172 Å². The number of amides is 2. The van der Waals surface area contributed by atoms with Gasteiger partial charge in [0, 0.05) is 13.1 Å². The number of anilines is 1. The summed E-state index contributed by atoms with van der Waals surface area (Å²) in [6.07, 6.45) is -2.68. The van der Waals surface area contributed by atoms with E-state index in [9.17, 15) is 14.0 Å². The van der Waals surface area contributed by atoms with E-state index < -0.39 is 23.9 Å². The molecule has 2 aromatic rings. The number of nitrogens with one attached hydrogen (secondary N) is 2. The number of rotatable bonds is 5. The number of hydrogen-bond donors (Lipinski definition) is 2. The highest BCUT2D eigenvalue weighted by atomic mass is 19.1. The summed E-state index contributed by atoms with van der Waals surface area (Å²) in [5.41, 5.74) is 2.34. The number of hydrogen-bond acceptors (Lipinski definition) is 8. The number of piperazine rings is 1. The third-order valence-corrected chi connectivity index (χ3v) is 5.50. The first-order valence-electron chi connectivity index (χ1n) is 9.58. The Morgan fingerprint density at radius 2 is 2.10 bits per heavy atom. The van der Waals surface area contributed by atoms with E-state index in [1.165, 1.54) is 14.7 Å². The molecule has 160 valence electrons. The second kappa shape index (κ2) is 7.86. The maximum atomic E-state index is 14.8. The van der Waals surface area contributed by atoms with Crippen LogP contribution < -0.4 is 15.6 Å². The van der Waals surface area contributed by atoms with Crippen molar-refractivity contribution in [2.45, 2.75) is 24.7 Å². The summed E-state index contributed by atoms with van der Waals surface area (Å²) in [6.45, 7) is 2.48. The van der Waals surface area contributed by atoms with E-state index in [2.05, 4.69) is 26.2 Å². The van der Waals surface area contributed by atoms with Gasteiger partial charge in [0.1, 0.15) is 11.5 Å². The van der Waals surface area contributed by atoms with Crippen LogP contribution in [0.25, 0.3) is 0 Å². The van der Waals surface area contributed by atoms with Gasteiger partial charge in [-0.3, -0.25) is 10.2 Å². The van der Waals surface area contributed by atoms with Crippen molar-refractivity contribution < 1.29 is 18.7 Å². The largest absolute Gasteiger partial charge is 0.443 e. The molecule has 0 bridgehead atoms. The number of alkyl carbamates (subject to hydrolysis) is 1. The number of aryl methyl sites for hydroxylation is 1. The van der Waals surface area contributed by atoms with Gasteiger partial charge in [-0.15, -0.1) is 5.10 Å². The molecule has 30 heavy (non-hydrogen) atoms. The zero-order valence-corrected chi connectivity index (χ0v) is 16.7. The number of hydrazine groups is 1. The molecule has 0 radical (unpaired) electrons. The van der Waals surface area contributed by atoms with Crippen molar-refractivity contribution in [3.05, 3.63) is 35.9 Å². The zero-order chi connectivity index (χ0) is 21.3. The highest BCUT2D eigenvalue weighted by Crippen LogP contribution is 2.32. The minimum Gasteiger partial charge on any atom is -0.443 e. The van der Waals surface area contributed by atoms with E-state index in [1.54, 1.807) is 26.1 Å². The number of carbonyl (C=O) groups excluding carboxylic acids is 2. The van der Waals surface area contributed by atoms with E-state index in [4.69, 9.17) is 4.74 Å². The monoisotopic (exact) mass is 418 g/mol. The van der Waals surface area contributed by atoms with Gasteiger partial charge in [0.15, 0.2) is 6.30 Å². The summed E-state index contributed by atoms with van der Waals surface area (Å²) < 4.78 is 20.1. The molecular weight excluding hydrogens is 395 g/mol. The van der Waals surface area contributed by atoms with E-state index in [0.29, 0.717) is 12.1 Å². The van der Waals surface area contributed by atoms with E-state index in [0.717, 1.165) is 0 Å². The lowest BCUT2D eigenvalue weighted by Gasteiger charge is -2.39. The standard InChI is InChI=1S/C18H23FN8O3/c1-18(12-6-4-3-5-7-12,13-10-20-17(29)30-13)15(28)22-26-8-9-27(14(19)11-26)16-21-24-25(2)23-16/h3-7,13-14H,8-11H2,1-2H3,(H,20,29)(H,22,28). The Kier molecular flexibility index (Phi) is 5.24. The first kappa shape index (κ1) is 20.0. The molecule has 11 nitrogen and oxygen atoms in total. The van der Waals surface area contributed by atoms with Gasteiger partial charge in [-0.05, 0) is 17.7 Å². The minimum absolute atomic E-state index is 0.0719. The highest BCUT2D eigenvalue weighted by molar-refractivity contribution is 5.89. The number of alkyl halides is 1. The van der Waals surface area contributed by atoms with Gasteiger partial charge < -0.3 is 15.0 Å². The molecule has 3 atom stereocenters. The molecule has 4 rings (SSSR count). The molecule has 0 saturated carbocycles. The maximum absolute atomic E-state index is 14.8. The molecule has 2 aliphatic rings. The van der Waals surface area contributed by atoms with Gasteiger partial charge in [-0.2, -0.15) is 4.80 Å². The van der Waals surface area contributed by atoms with Crippen LogP contribution in [-0.4, -0.2) is 75.8 Å². The minimum atomic E-state index is -1.42. The summed E-state index contributed by atoms with van der Waals surface area (Å²) in [4.78, 5) is 27.6. The smallest absolute Gasteiger partial charge is 0.407 e. The molecule has 12 heteroatoms. The number of aromatic nitrogens is 4. The zero-order valence-electron chi connectivity index (χ0n) is 16.7. The average Bonchev–Trinajstić information content (AvgIpc) is 3.36. The van der Waals surface area contributed by atoms with Crippen LogP contribution in [0.3, 0.4) is 0 Å². The number of halogens is 1. The van der Waals surface area contributed by atoms with E-state index in [-0.39, 0.29) is 31.5 Å².